The van der Waals surface area contributed by atoms with E-state index < -0.39 is 29.5 Å². The van der Waals surface area contributed by atoms with Gasteiger partial charge in [-0.2, -0.15) is 0 Å². The Morgan fingerprint density at radius 3 is 2.16 bits per heavy atom. The number of nitrogens with two attached hydrogens (primary N) is 1. The summed E-state index contributed by atoms with van der Waals surface area (Å²) in [4.78, 5) is 34.2. The summed E-state index contributed by atoms with van der Waals surface area (Å²) in [5.74, 6) is -1.86. The van der Waals surface area contributed by atoms with Crippen molar-refractivity contribution in [2.24, 2.45) is 11.7 Å². The quantitative estimate of drug-likeness (QED) is 0.537. The van der Waals surface area contributed by atoms with Crippen LogP contribution in [0.4, 0.5) is 4.79 Å². The molecule has 0 aliphatic heterocycles. The molecule has 2 unspecified atom stereocenters. The Bertz CT molecular complexity index is 357. The van der Waals surface area contributed by atoms with Crippen molar-refractivity contribution in [2.45, 2.75) is 52.1 Å². The lowest BCUT2D eigenvalue weighted by molar-refractivity contribution is -0.147. The maximum absolute atomic E-state index is 12.1. The first-order valence-electron chi connectivity index (χ1n) is 6.25. The van der Waals surface area contributed by atoms with E-state index in [1.165, 1.54) is 6.92 Å². The molecule has 0 rings (SSSR count). The molecule has 0 heterocycles. The summed E-state index contributed by atoms with van der Waals surface area (Å²) in [6.07, 6.45) is 0.911. The normalized spacial score (nSPS) is 15.4. The predicted octanol–water partition coefficient (Wildman–Crippen LogP) is 0.439. The molecule has 0 aromatic heterocycles. The Morgan fingerprint density at radius 2 is 1.84 bits per heavy atom. The van der Waals surface area contributed by atoms with Crippen LogP contribution in [0.1, 0.15) is 40.5 Å². The molecule has 0 aliphatic carbocycles. The third kappa shape index (κ3) is 5.15. The lowest BCUT2D eigenvalue weighted by Crippen LogP contribution is -2.59. The summed E-state index contributed by atoms with van der Waals surface area (Å²) in [7, 11) is 0. The van der Waals surface area contributed by atoms with Crippen molar-refractivity contribution in [1.29, 1.82) is 0 Å². The van der Waals surface area contributed by atoms with Crippen molar-refractivity contribution < 1.29 is 19.5 Å². The number of hydrogen-bond acceptors (Lipinski definition) is 3. The number of carbonyl (C=O) groups excluding carboxylic acids is 2. The summed E-state index contributed by atoms with van der Waals surface area (Å²) < 4.78 is 0. The van der Waals surface area contributed by atoms with Gasteiger partial charge in [-0.3, -0.25) is 4.79 Å². The number of primary amides is 1. The van der Waals surface area contributed by atoms with Crippen LogP contribution in [-0.4, -0.2) is 34.6 Å². The van der Waals surface area contributed by atoms with E-state index >= 15 is 0 Å². The molecule has 0 spiro atoms. The number of carboxylic acids is 1. The molecule has 0 aromatic carbocycles. The molecule has 0 radical (unpaired) electrons. The number of aliphatic carboxylic acids is 1. The summed E-state index contributed by atoms with van der Waals surface area (Å²) in [6.45, 7) is 6.74. The lowest BCUT2D eigenvalue weighted by Gasteiger charge is -2.29. The maximum Gasteiger partial charge on any atom is 0.329 e. The first-order valence-corrected chi connectivity index (χ1v) is 6.25. The molecule has 2 atom stereocenters. The van der Waals surface area contributed by atoms with Gasteiger partial charge in [-0.1, -0.05) is 27.2 Å². The second-order valence-electron chi connectivity index (χ2n) is 5.11. The number of carboxylic acid groups (broad SMARTS) is 1. The molecule has 7 nitrogen and oxygen atoms in total. The average molecular weight is 273 g/mol. The lowest BCUT2D eigenvalue weighted by atomic mass is 9.94. The molecule has 0 aliphatic rings. The van der Waals surface area contributed by atoms with Crippen LogP contribution >= 0.6 is 0 Å². The van der Waals surface area contributed by atoms with Crippen LogP contribution in [0, 0.1) is 5.92 Å². The van der Waals surface area contributed by atoms with Crippen molar-refractivity contribution >= 4 is 17.9 Å². The van der Waals surface area contributed by atoms with Crippen LogP contribution in [0.25, 0.3) is 0 Å². The van der Waals surface area contributed by atoms with Crippen LogP contribution in [0.5, 0.6) is 0 Å². The van der Waals surface area contributed by atoms with Gasteiger partial charge in [0.25, 0.3) is 0 Å². The van der Waals surface area contributed by atoms with Gasteiger partial charge in [-0.05, 0) is 19.3 Å². The van der Waals surface area contributed by atoms with Crippen LogP contribution in [0.3, 0.4) is 0 Å². The standard InChI is InChI=1S/C12H23N3O4/c1-5-6-12(4,10(17)18)15-9(16)8(7(2)3)14-11(13)19/h7-8H,5-6H2,1-4H3,(H,15,16)(H,17,18)(H3,13,14,19). The first-order chi connectivity index (χ1) is 8.64. The van der Waals surface area contributed by atoms with Crippen LogP contribution in [0.2, 0.25) is 0 Å². The predicted molar refractivity (Wildman–Crippen MR) is 70.4 cm³/mol. The van der Waals surface area contributed by atoms with E-state index in [0.717, 1.165) is 0 Å². The van der Waals surface area contributed by atoms with Gasteiger partial charge < -0.3 is 21.5 Å². The molecule has 19 heavy (non-hydrogen) atoms. The van der Waals surface area contributed by atoms with E-state index in [0.29, 0.717) is 12.8 Å². The van der Waals surface area contributed by atoms with E-state index in [-0.39, 0.29) is 5.92 Å². The molecule has 7 heteroatoms. The molecule has 0 saturated heterocycles. The van der Waals surface area contributed by atoms with E-state index in [1.54, 1.807) is 13.8 Å². The summed E-state index contributed by atoms with van der Waals surface area (Å²) >= 11 is 0. The Labute approximate surface area is 112 Å². The van der Waals surface area contributed by atoms with Gasteiger partial charge in [0, 0.05) is 0 Å². The number of urea groups is 1. The highest BCUT2D eigenvalue weighted by Gasteiger charge is 2.36. The van der Waals surface area contributed by atoms with Crippen molar-refractivity contribution in [3.63, 3.8) is 0 Å². The Kier molecular flexibility index (Phi) is 6.31. The van der Waals surface area contributed by atoms with E-state index in [4.69, 9.17) is 5.73 Å². The summed E-state index contributed by atoms with van der Waals surface area (Å²) in [6, 6.07) is -1.67. The largest absolute Gasteiger partial charge is 0.480 e. The minimum atomic E-state index is -1.35. The number of rotatable bonds is 7. The SMILES string of the molecule is CCCC(C)(NC(=O)C(NC(N)=O)C(C)C)C(=O)O. The fourth-order valence-electron chi connectivity index (χ4n) is 1.76. The van der Waals surface area contributed by atoms with Gasteiger partial charge in [0.2, 0.25) is 5.91 Å². The summed E-state index contributed by atoms with van der Waals surface area (Å²) in [5.41, 5.74) is 3.66. The topological polar surface area (TPSA) is 122 Å². The second kappa shape index (κ2) is 6.96. The first kappa shape index (κ1) is 17.2. The minimum absolute atomic E-state index is 0.202. The molecular weight excluding hydrogens is 250 g/mol. The molecular formula is C12H23N3O4. The van der Waals surface area contributed by atoms with Gasteiger partial charge in [0.1, 0.15) is 11.6 Å². The zero-order chi connectivity index (χ0) is 15.2. The zero-order valence-electron chi connectivity index (χ0n) is 11.8. The second-order valence-corrected chi connectivity index (χ2v) is 5.11. The Hall–Kier alpha value is -1.79. The van der Waals surface area contributed by atoms with E-state index in [2.05, 4.69) is 10.6 Å². The highest BCUT2D eigenvalue weighted by atomic mass is 16.4. The molecule has 3 amide bonds. The molecule has 0 fully saturated rings. The fourth-order valence-corrected chi connectivity index (χ4v) is 1.76. The average Bonchev–Trinajstić information content (AvgIpc) is 2.25. The summed E-state index contributed by atoms with van der Waals surface area (Å²) in [5, 5.41) is 14.0. The van der Waals surface area contributed by atoms with E-state index in [9.17, 15) is 19.5 Å². The molecule has 0 saturated carbocycles. The third-order valence-corrected chi connectivity index (χ3v) is 2.87. The Balaban J connectivity index is 4.96. The van der Waals surface area contributed by atoms with Crippen LogP contribution in [0.15, 0.2) is 0 Å². The van der Waals surface area contributed by atoms with Gasteiger partial charge in [-0.25, -0.2) is 9.59 Å². The minimum Gasteiger partial charge on any atom is -0.480 e. The van der Waals surface area contributed by atoms with Crippen LogP contribution in [-0.2, 0) is 9.59 Å². The highest BCUT2D eigenvalue weighted by molar-refractivity contribution is 5.91. The molecule has 110 valence electrons. The molecule has 0 bridgehead atoms. The monoisotopic (exact) mass is 273 g/mol. The molecule has 0 aromatic rings. The molecule has 5 N–H and O–H groups in total. The fraction of sp³-hybridized carbons (Fsp3) is 0.750. The Morgan fingerprint density at radius 1 is 1.32 bits per heavy atom. The highest BCUT2D eigenvalue weighted by Crippen LogP contribution is 2.14. The zero-order valence-corrected chi connectivity index (χ0v) is 11.8. The smallest absolute Gasteiger partial charge is 0.329 e. The maximum atomic E-state index is 12.1. The van der Waals surface area contributed by atoms with Crippen LogP contribution < -0.4 is 16.4 Å². The van der Waals surface area contributed by atoms with Crippen molar-refractivity contribution in [3.8, 4) is 0 Å². The van der Waals surface area contributed by atoms with Gasteiger partial charge >= 0.3 is 12.0 Å². The van der Waals surface area contributed by atoms with Crippen molar-refractivity contribution in [2.75, 3.05) is 0 Å². The van der Waals surface area contributed by atoms with Gasteiger partial charge in [0.15, 0.2) is 0 Å². The number of hydrogen-bond donors (Lipinski definition) is 4. The number of nitrogens with one attached hydrogen (secondary N) is 2. The van der Waals surface area contributed by atoms with E-state index in [1.807, 2.05) is 6.92 Å². The number of carbonyl (C=O) groups is 3. The number of amides is 3. The van der Waals surface area contributed by atoms with Gasteiger partial charge in [-0.15, -0.1) is 0 Å². The van der Waals surface area contributed by atoms with Crippen molar-refractivity contribution in [1.82, 2.24) is 10.6 Å². The van der Waals surface area contributed by atoms with Crippen molar-refractivity contribution in [3.05, 3.63) is 0 Å². The van der Waals surface area contributed by atoms with Gasteiger partial charge in [0.05, 0.1) is 0 Å². The third-order valence-electron chi connectivity index (χ3n) is 2.87.